The van der Waals surface area contributed by atoms with Crippen molar-refractivity contribution in [3.8, 4) is 0 Å². The fourth-order valence-electron chi connectivity index (χ4n) is 2.06. The molecule has 19 heavy (non-hydrogen) atoms. The minimum atomic E-state index is -4.25. The fourth-order valence-corrected chi connectivity index (χ4v) is 2.87. The first-order chi connectivity index (χ1) is 8.88. The molecule has 5 nitrogen and oxygen atoms in total. The van der Waals surface area contributed by atoms with Crippen LogP contribution in [0, 0.1) is 0 Å². The van der Waals surface area contributed by atoms with Gasteiger partial charge in [-0.2, -0.15) is 8.42 Å². The normalized spacial score (nSPS) is 13.4. The van der Waals surface area contributed by atoms with Crippen molar-refractivity contribution in [3.05, 3.63) is 0 Å². The number of hydrogen-bond acceptors (Lipinski definition) is 3. The van der Waals surface area contributed by atoms with Gasteiger partial charge in [-0.25, -0.2) is 0 Å². The SMILES string of the molecule is CCCCCCCCCCC(CC(=O)O)S(=O)(=O)O. The van der Waals surface area contributed by atoms with Crippen LogP contribution in [0.2, 0.25) is 0 Å². The van der Waals surface area contributed by atoms with E-state index in [1.807, 2.05) is 0 Å². The zero-order chi connectivity index (χ0) is 14.7. The van der Waals surface area contributed by atoms with Crippen LogP contribution in [0.3, 0.4) is 0 Å². The van der Waals surface area contributed by atoms with Crippen LogP contribution in [0.15, 0.2) is 0 Å². The first-order valence-corrected chi connectivity index (χ1v) is 8.56. The van der Waals surface area contributed by atoms with Gasteiger partial charge in [0.2, 0.25) is 0 Å². The minimum Gasteiger partial charge on any atom is -0.481 e. The average Bonchev–Trinajstić information content (AvgIpc) is 2.29. The molecule has 0 aliphatic rings. The smallest absolute Gasteiger partial charge is 0.304 e. The molecule has 6 heteroatoms. The van der Waals surface area contributed by atoms with E-state index < -0.39 is 27.8 Å². The maximum Gasteiger partial charge on any atom is 0.304 e. The molecule has 2 N–H and O–H groups in total. The van der Waals surface area contributed by atoms with Crippen LogP contribution in [-0.2, 0) is 14.9 Å². The second-order valence-corrected chi connectivity index (χ2v) is 6.70. The average molecular weight is 294 g/mol. The number of unbranched alkanes of at least 4 members (excludes halogenated alkanes) is 7. The minimum absolute atomic E-state index is 0.222. The molecule has 0 fully saturated rings. The van der Waals surface area contributed by atoms with E-state index >= 15 is 0 Å². The third-order valence-electron chi connectivity index (χ3n) is 3.20. The van der Waals surface area contributed by atoms with Gasteiger partial charge in [0.05, 0.1) is 11.7 Å². The van der Waals surface area contributed by atoms with Crippen molar-refractivity contribution in [3.63, 3.8) is 0 Å². The van der Waals surface area contributed by atoms with Gasteiger partial charge in [-0.05, 0) is 6.42 Å². The summed E-state index contributed by atoms with van der Waals surface area (Å²) in [5.41, 5.74) is 0. The Kier molecular flexibility index (Phi) is 9.87. The highest BCUT2D eigenvalue weighted by molar-refractivity contribution is 7.86. The summed E-state index contributed by atoms with van der Waals surface area (Å²) in [6.07, 6.45) is 8.31. The second kappa shape index (κ2) is 10.2. The predicted octanol–water partition coefficient (Wildman–Crippen LogP) is 3.25. The quantitative estimate of drug-likeness (QED) is 0.426. The summed E-state index contributed by atoms with van der Waals surface area (Å²) in [6.45, 7) is 2.16. The number of hydrogen-bond donors (Lipinski definition) is 2. The van der Waals surface area contributed by atoms with E-state index in [1.54, 1.807) is 0 Å². The molecular weight excluding hydrogens is 268 g/mol. The molecule has 0 bridgehead atoms. The molecule has 1 atom stereocenters. The molecule has 0 spiro atoms. The molecule has 0 amide bonds. The molecule has 0 aromatic rings. The Morgan fingerprint density at radius 1 is 1.00 bits per heavy atom. The summed E-state index contributed by atoms with van der Waals surface area (Å²) in [5.74, 6) is -1.19. The van der Waals surface area contributed by atoms with E-state index in [9.17, 15) is 13.2 Å². The van der Waals surface area contributed by atoms with Crippen LogP contribution < -0.4 is 0 Å². The highest BCUT2D eigenvalue weighted by atomic mass is 32.2. The number of carboxylic acids is 1. The lowest BCUT2D eigenvalue weighted by Crippen LogP contribution is -2.23. The molecule has 1 unspecified atom stereocenters. The maximum atomic E-state index is 11.0. The van der Waals surface area contributed by atoms with Crippen molar-refractivity contribution in [1.29, 1.82) is 0 Å². The lowest BCUT2D eigenvalue weighted by Gasteiger charge is -2.11. The third-order valence-corrected chi connectivity index (χ3v) is 4.45. The maximum absolute atomic E-state index is 11.0. The zero-order valence-electron chi connectivity index (χ0n) is 11.7. The van der Waals surface area contributed by atoms with Crippen molar-refractivity contribution < 1.29 is 22.9 Å². The standard InChI is InChI=1S/C13H26O5S/c1-2-3-4-5-6-7-8-9-10-12(11-13(14)15)19(16,17)18/h12H,2-11H2,1H3,(H,14,15)(H,16,17,18). The van der Waals surface area contributed by atoms with E-state index in [2.05, 4.69) is 6.92 Å². The first-order valence-electron chi connectivity index (χ1n) is 7.06. The Balaban J connectivity index is 3.74. The van der Waals surface area contributed by atoms with E-state index in [0.29, 0.717) is 6.42 Å². The van der Waals surface area contributed by atoms with Crippen molar-refractivity contribution in [2.24, 2.45) is 0 Å². The Bertz CT molecular complexity index is 337. The Morgan fingerprint density at radius 3 is 1.89 bits per heavy atom. The van der Waals surface area contributed by atoms with Crippen molar-refractivity contribution in [2.75, 3.05) is 0 Å². The molecule has 0 aliphatic carbocycles. The van der Waals surface area contributed by atoms with Crippen LogP contribution in [0.1, 0.15) is 71.1 Å². The monoisotopic (exact) mass is 294 g/mol. The number of rotatable bonds is 12. The van der Waals surface area contributed by atoms with Gasteiger partial charge < -0.3 is 5.11 Å². The topological polar surface area (TPSA) is 91.7 Å². The molecule has 0 saturated heterocycles. The van der Waals surface area contributed by atoms with E-state index in [1.165, 1.54) is 25.7 Å². The second-order valence-electron chi connectivity index (χ2n) is 5.00. The molecule has 0 saturated carbocycles. The third kappa shape index (κ3) is 10.9. The molecular formula is C13H26O5S. The Hall–Kier alpha value is -0.620. The van der Waals surface area contributed by atoms with Crippen LogP contribution in [0.5, 0.6) is 0 Å². The molecule has 0 aromatic carbocycles. The summed E-state index contributed by atoms with van der Waals surface area (Å²) in [4.78, 5) is 10.5. The summed E-state index contributed by atoms with van der Waals surface area (Å²) in [6, 6.07) is 0. The van der Waals surface area contributed by atoms with Gasteiger partial charge in [-0.1, -0.05) is 58.3 Å². The van der Waals surface area contributed by atoms with Gasteiger partial charge in [0, 0.05) is 0 Å². The summed E-state index contributed by atoms with van der Waals surface area (Å²) in [5, 5.41) is 7.43. The molecule has 0 radical (unpaired) electrons. The largest absolute Gasteiger partial charge is 0.481 e. The number of carbonyl (C=O) groups is 1. The Morgan fingerprint density at radius 2 is 1.47 bits per heavy atom. The summed E-state index contributed by atoms with van der Waals surface area (Å²) < 4.78 is 30.9. The lowest BCUT2D eigenvalue weighted by molar-refractivity contribution is -0.137. The van der Waals surface area contributed by atoms with Crippen molar-refractivity contribution >= 4 is 16.1 Å². The van der Waals surface area contributed by atoms with Gasteiger partial charge in [-0.3, -0.25) is 9.35 Å². The molecule has 0 aliphatic heterocycles. The van der Waals surface area contributed by atoms with Gasteiger partial charge in [0.1, 0.15) is 0 Å². The number of aliphatic carboxylic acids is 1. The summed E-state index contributed by atoms with van der Waals surface area (Å²) >= 11 is 0. The van der Waals surface area contributed by atoms with E-state index in [4.69, 9.17) is 9.66 Å². The zero-order valence-corrected chi connectivity index (χ0v) is 12.5. The van der Waals surface area contributed by atoms with Crippen LogP contribution in [0.25, 0.3) is 0 Å². The van der Waals surface area contributed by atoms with Gasteiger partial charge in [0.25, 0.3) is 10.1 Å². The predicted molar refractivity (Wildman–Crippen MR) is 74.8 cm³/mol. The first kappa shape index (κ1) is 18.4. The van der Waals surface area contributed by atoms with Crippen molar-refractivity contribution in [2.45, 2.75) is 76.4 Å². The van der Waals surface area contributed by atoms with Gasteiger partial charge >= 0.3 is 5.97 Å². The lowest BCUT2D eigenvalue weighted by atomic mass is 10.1. The molecule has 0 rings (SSSR count). The highest BCUT2D eigenvalue weighted by Crippen LogP contribution is 2.16. The molecule has 0 heterocycles. The van der Waals surface area contributed by atoms with Crippen LogP contribution in [0.4, 0.5) is 0 Å². The van der Waals surface area contributed by atoms with Gasteiger partial charge in [-0.15, -0.1) is 0 Å². The van der Waals surface area contributed by atoms with Crippen molar-refractivity contribution in [1.82, 2.24) is 0 Å². The number of carboxylic acid groups (broad SMARTS) is 1. The van der Waals surface area contributed by atoms with E-state index in [-0.39, 0.29) is 6.42 Å². The fraction of sp³-hybridized carbons (Fsp3) is 0.923. The summed E-state index contributed by atoms with van der Waals surface area (Å²) in [7, 11) is -4.25. The highest BCUT2D eigenvalue weighted by Gasteiger charge is 2.25. The van der Waals surface area contributed by atoms with Gasteiger partial charge in [0.15, 0.2) is 0 Å². The molecule has 0 aromatic heterocycles. The van der Waals surface area contributed by atoms with Crippen LogP contribution >= 0.6 is 0 Å². The van der Waals surface area contributed by atoms with Crippen LogP contribution in [-0.4, -0.2) is 29.3 Å². The van der Waals surface area contributed by atoms with E-state index in [0.717, 1.165) is 19.3 Å². The molecule has 114 valence electrons. The Labute approximate surface area is 116 Å².